The first-order chi connectivity index (χ1) is 10.7. The lowest BCUT2D eigenvalue weighted by Crippen LogP contribution is -2.00. The summed E-state index contributed by atoms with van der Waals surface area (Å²) < 4.78 is 12.4. The fourth-order valence-electron chi connectivity index (χ4n) is 2.34. The average Bonchev–Trinajstić information content (AvgIpc) is 3.17. The van der Waals surface area contributed by atoms with E-state index in [1.165, 1.54) is 0 Å². The van der Waals surface area contributed by atoms with Crippen molar-refractivity contribution in [2.45, 2.75) is 6.92 Å². The molecular weight excluding hydrogens is 282 g/mol. The van der Waals surface area contributed by atoms with Crippen molar-refractivity contribution in [1.82, 2.24) is 20.2 Å². The molecule has 1 aromatic heterocycles. The van der Waals surface area contributed by atoms with Gasteiger partial charge in [0.1, 0.15) is 0 Å². The number of fused-ring (bicyclic) bond motifs is 1. The highest BCUT2D eigenvalue weighted by molar-refractivity contribution is 5.65. The summed E-state index contributed by atoms with van der Waals surface area (Å²) in [6.07, 6.45) is 0. The SMILES string of the molecule is Cc1ccc(-c2nnnn2-c2ccc3c(c2)OCO3)cc1N. The van der Waals surface area contributed by atoms with Crippen molar-refractivity contribution in [3.63, 3.8) is 0 Å². The minimum Gasteiger partial charge on any atom is -0.454 e. The predicted molar refractivity (Wildman–Crippen MR) is 79.9 cm³/mol. The Balaban J connectivity index is 1.81. The van der Waals surface area contributed by atoms with Crippen LogP contribution in [-0.4, -0.2) is 27.0 Å². The first-order valence-corrected chi connectivity index (χ1v) is 6.77. The van der Waals surface area contributed by atoms with Crippen molar-refractivity contribution in [3.05, 3.63) is 42.0 Å². The van der Waals surface area contributed by atoms with Crippen molar-refractivity contribution in [1.29, 1.82) is 0 Å². The number of nitrogens with zero attached hydrogens (tertiary/aromatic N) is 4. The van der Waals surface area contributed by atoms with Crippen LogP contribution in [0.4, 0.5) is 5.69 Å². The molecule has 4 rings (SSSR count). The average molecular weight is 295 g/mol. The molecule has 0 radical (unpaired) electrons. The summed E-state index contributed by atoms with van der Waals surface area (Å²) in [7, 11) is 0. The lowest BCUT2D eigenvalue weighted by atomic mass is 10.1. The van der Waals surface area contributed by atoms with Crippen molar-refractivity contribution >= 4 is 5.69 Å². The zero-order valence-electron chi connectivity index (χ0n) is 11.9. The fourth-order valence-corrected chi connectivity index (χ4v) is 2.34. The van der Waals surface area contributed by atoms with Gasteiger partial charge in [-0.1, -0.05) is 12.1 Å². The third kappa shape index (κ3) is 1.95. The number of hydrogen-bond donors (Lipinski definition) is 1. The summed E-state index contributed by atoms with van der Waals surface area (Å²) >= 11 is 0. The highest BCUT2D eigenvalue weighted by Crippen LogP contribution is 2.34. The first-order valence-electron chi connectivity index (χ1n) is 6.77. The number of hydrogen-bond acceptors (Lipinski definition) is 6. The van der Waals surface area contributed by atoms with Gasteiger partial charge in [0.15, 0.2) is 17.3 Å². The lowest BCUT2D eigenvalue weighted by Gasteiger charge is -2.07. The monoisotopic (exact) mass is 295 g/mol. The number of aromatic nitrogens is 4. The lowest BCUT2D eigenvalue weighted by molar-refractivity contribution is 0.174. The molecule has 3 aromatic rings. The molecule has 110 valence electrons. The minimum absolute atomic E-state index is 0.232. The molecule has 7 nitrogen and oxygen atoms in total. The van der Waals surface area contributed by atoms with Gasteiger partial charge in [-0.25, -0.2) is 0 Å². The van der Waals surface area contributed by atoms with Crippen LogP contribution in [-0.2, 0) is 0 Å². The van der Waals surface area contributed by atoms with Crippen LogP contribution in [0.5, 0.6) is 11.5 Å². The van der Waals surface area contributed by atoms with Gasteiger partial charge in [-0.05, 0) is 41.1 Å². The molecule has 0 bridgehead atoms. The normalized spacial score (nSPS) is 12.6. The van der Waals surface area contributed by atoms with E-state index in [4.69, 9.17) is 15.2 Å². The first kappa shape index (κ1) is 12.6. The molecule has 2 aromatic carbocycles. The predicted octanol–water partition coefficient (Wildman–Crippen LogP) is 1.95. The second-order valence-corrected chi connectivity index (χ2v) is 5.02. The van der Waals surface area contributed by atoms with Gasteiger partial charge >= 0.3 is 0 Å². The number of nitrogens with two attached hydrogens (primary N) is 1. The molecule has 0 spiro atoms. The Morgan fingerprint density at radius 1 is 1.09 bits per heavy atom. The van der Waals surface area contributed by atoms with E-state index in [9.17, 15) is 0 Å². The van der Waals surface area contributed by atoms with Gasteiger partial charge < -0.3 is 15.2 Å². The van der Waals surface area contributed by atoms with E-state index in [1.807, 2.05) is 43.3 Å². The van der Waals surface area contributed by atoms with Crippen molar-refractivity contribution in [2.24, 2.45) is 0 Å². The largest absolute Gasteiger partial charge is 0.454 e. The topological polar surface area (TPSA) is 88.1 Å². The Labute approximate surface area is 126 Å². The van der Waals surface area contributed by atoms with E-state index in [0.717, 1.165) is 22.6 Å². The number of benzene rings is 2. The second kappa shape index (κ2) is 4.73. The zero-order valence-corrected chi connectivity index (χ0v) is 11.9. The zero-order chi connectivity index (χ0) is 15.1. The number of nitrogen functional groups attached to an aromatic ring is 1. The minimum atomic E-state index is 0.232. The van der Waals surface area contributed by atoms with E-state index < -0.39 is 0 Å². The molecule has 0 fully saturated rings. The van der Waals surface area contributed by atoms with E-state index in [1.54, 1.807) is 4.68 Å². The van der Waals surface area contributed by atoms with E-state index in [2.05, 4.69) is 15.5 Å². The van der Waals surface area contributed by atoms with E-state index >= 15 is 0 Å². The molecule has 7 heteroatoms. The maximum atomic E-state index is 5.97. The molecule has 0 saturated carbocycles. The number of aryl methyl sites for hydroxylation is 1. The van der Waals surface area contributed by atoms with Gasteiger partial charge in [0, 0.05) is 17.3 Å². The van der Waals surface area contributed by atoms with Gasteiger partial charge in [-0.2, -0.15) is 4.68 Å². The van der Waals surface area contributed by atoms with Crippen molar-refractivity contribution in [3.8, 4) is 28.6 Å². The summed E-state index contributed by atoms with van der Waals surface area (Å²) in [5.41, 5.74) is 9.35. The van der Waals surface area contributed by atoms with Crippen LogP contribution in [0.25, 0.3) is 17.1 Å². The van der Waals surface area contributed by atoms with Crippen LogP contribution in [0.1, 0.15) is 5.56 Å². The smallest absolute Gasteiger partial charge is 0.231 e. The molecule has 0 amide bonds. The van der Waals surface area contributed by atoms with Crippen LogP contribution < -0.4 is 15.2 Å². The third-order valence-electron chi connectivity index (χ3n) is 3.61. The van der Waals surface area contributed by atoms with E-state index in [-0.39, 0.29) is 6.79 Å². The Morgan fingerprint density at radius 2 is 1.95 bits per heavy atom. The molecule has 0 unspecified atom stereocenters. The van der Waals surface area contributed by atoms with Gasteiger partial charge in [-0.3, -0.25) is 0 Å². The van der Waals surface area contributed by atoms with Gasteiger partial charge in [0.2, 0.25) is 6.79 Å². The number of anilines is 1. The molecule has 22 heavy (non-hydrogen) atoms. The number of ether oxygens (including phenoxy) is 2. The summed E-state index contributed by atoms with van der Waals surface area (Å²) in [6, 6.07) is 11.3. The van der Waals surface area contributed by atoms with Gasteiger partial charge in [-0.15, -0.1) is 5.10 Å². The van der Waals surface area contributed by atoms with Gasteiger partial charge in [0.25, 0.3) is 0 Å². The van der Waals surface area contributed by atoms with Crippen LogP contribution >= 0.6 is 0 Å². The van der Waals surface area contributed by atoms with Crippen LogP contribution in [0.15, 0.2) is 36.4 Å². The molecule has 0 saturated heterocycles. The third-order valence-corrected chi connectivity index (χ3v) is 3.61. The fraction of sp³-hybridized carbons (Fsp3) is 0.133. The van der Waals surface area contributed by atoms with Crippen LogP contribution in [0, 0.1) is 6.92 Å². The molecule has 1 aliphatic rings. The summed E-state index contributed by atoms with van der Waals surface area (Å²) in [6.45, 7) is 2.19. The van der Waals surface area contributed by atoms with Crippen molar-refractivity contribution in [2.75, 3.05) is 12.5 Å². The second-order valence-electron chi connectivity index (χ2n) is 5.02. The molecule has 0 atom stereocenters. The maximum absolute atomic E-state index is 5.97. The highest BCUT2D eigenvalue weighted by atomic mass is 16.7. The highest BCUT2D eigenvalue weighted by Gasteiger charge is 2.17. The molecule has 0 aliphatic carbocycles. The number of rotatable bonds is 2. The Kier molecular flexibility index (Phi) is 2.72. The molecular formula is C15H13N5O2. The quantitative estimate of drug-likeness (QED) is 0.727. The van der Waals surface area contributed by atoms with Crippen LogP contribution in [0.3, 0.4) is 0 Å². The summed E-state index contributed by atoms with van der Waals surface area (Å²) in [5, 5.41) is 11.9. The summed E-state index contributed by atoms with van der Waals surface area (Å²) in [4.78, 5) is 0. The summed E-state index contributed by atoms with van der Waals surface area (Å²) in [5.74, 6) is 2.02. The van der Waals surface area contributed by atoms with Crippen LogP contribution in [0.2, 0.25) is 0 Å². The number of tetrazole rings is 1. The molecule has 2 heterocycles. The molecule has 2 N–H and O–H groups in total. The maximum Gasteiger partial charge on any atom is 0.231 e. The Bertz CT molecular complexity index is 859. The van der Waals surface area contributed by atoms with Crippen molar-refractivity contribution < 1.29 is 9.47 Å². The Morgan fingerprint density at radius 3 is 2.82 bits per heavy atom. The Hall–Kier alpha value is -3.09. The standard InChI is InChI=1S/C15H13N5O2/c1-9-2-3-10(6-12(9)16)15-17-18-19-20(15)11-4-5-13-14(7-11)22-8-21-13/h2-7H,8,16H2,1H3. The molecule has 1 aliphatic heterocycles. The van der Waals surface area contributed by atoms with Gasteiger partial charge in [0.05, 0.1) is 5.69 Å². The van der Waals surface area contributed by atoms with E-state index in [0.29, 0.717) is 17.3 Å².